The fraction of sp³-hybridized carbons (Fsp3) is 0.750. The summed E-state index contributed by atoms with van der Waals surface area (Å²) >= 11 is 0. The van der Waals surface area contributed by atoms with Crippen molar-refractivity contribution in [1.29, 1.82) is 0 Å². The zero-order valence-corrected chi connectivity index (χ0v) is 13.5. The van der Waals surface area contributed by atoms with Gasteiger partial charge in [-0.1, -0.05) is 6.92 Å². The third kappa shape index (κ3) is 2.32. The minimum Gasteiger partial charge on any atom is -0.381 e. The van der Waals surface area contributed by atoms with Crippen LogP contribution < -0.4 is 5.73 Å². The average molecular weight is 301 g/mol. The van der Waals surface area contributed by atoms with Gasteiger partial charge in [0.05, 0.1) is 5.69 Å². The number of hydrogen-bond donors (Lipinski definition) is 1. The van der Waals surface area contributed by atoms with Crippen molar-refractivity contribution in [1.82, 2.24) is 19.0 Å². The summed E-state index contributed by atoms with van der Waals surface area (Å²) in [6.07, 6.45) is 0. The topological polar surface area (TPSA) is 84.5 Å². The van der Waals surface area contributed by atoms with E-state index in [1.165, 1.54) is 8.99 Å². The Balaban J connectivity index is 2.38. The molecule has 0 amide bonds. The van der Waals surface area contributed by atoms with E-state index in [4.69, 9.17) is 5.73 Å². The van der Waals surface area contributed by atoms with Crippen LogP contribution in [-0.4, -0.2) is 60.6 Å². The third-order valence-corrected chi connectivity index (χ3v) is 6.10. The first-order valence-corrected chi connectivity index (χ1v) is 8.06. The molecule has 1 aliphatic rings. The van der Waals surface area contributed by atoms with Crippen molar-refractivity contribution in [2.75, 3.05) is 32.9 Å². The van der Waals surface area contributed by atoms with Crippen LogP contribution in [0.4, 0.5) is 5.82 Å². The van der Waals surface area contributed by atoms with Crippen LogP contribution in [0.25, 0.3) is 0 Å². The zero-order chi connectivity index (χ0) is 15.2. The SMILES string of the molecule is Cc1c(S(=O)(=O)N2CC(C)C(N(C)C)C2)c(N)nn1C. The molecular weight excluding hydrogens is 278 g/mol. The molecule has 8 heteroatoms. The first kappa shape index (κ1) is 15.3. The fourth-order valence-corrected chi connectivity index (χ4v) is 4.69. The first-order chi connectivity index (χ1) is 9.16. The smallest absolute Gasteiger partial charge is 0.248 e. The lowest BCUT2D eigenvalue weighted by molar-refractivity contribution is 0.263. The van der Waals surface area contributed by atoms with E-state index in [-0.39, 0.29) is 22.7 Å². The normalized spacial score (nSPS) is 24.7. The van der Waals surface area contributed by atoms with E-state index in [1.807, 2.05) is 14.1 Å². The summed E-state index contributed by atoms with van der Waals surface area (Å²) < 4.78 is 28.6. The Bertz CT molecular complexity index is 608. The number of sulfonamides is 1. The second-order valence-electron chi connectivity index (χ2n) is 5.75. The molecule has 20 heavy (non-hydrogen) atoms. The molecular formula is C12H23N5O2S. The lowest BCUT2D eigenvalue weighted by Gasteiger charge is -2.22. The van der Waals surface area contributed by atoms with E-state index in [0.29, 0.717) is 18.8 Å². The molecule has 0 aliphatic carbocycles. The molecule has 0 aromatic carbocycles. The second-order valence-corrected chi connectivity index (χ2v) is 7.63. The quantitative estimate of drug-likeness (QED) is 0.841. The summed E-state index contributed by atoms with van der Waals surface area (Å²) in [5.41, 5.74) is 6.35. The van der Waals surface area contributed by atoms with Gasteiger partial charge in [-0.25, -0.2) is 8.42 Å². The number of nitrogen functional groups attached to an aromatic ring is 1. The van der Waals surface area contributed by atoms with Gasteiger partial charge < -0.3 is 10.6 Å². The number of anilines is 1. The highest BCUT2D eigenvalue weighted by atomic mass is 32.2. The van der Waals surface area contributed by atoms with Crippen LogP contribution in [0.5, 0.6) is 0 Å². The molecule has 0 saturated carbocycles. The molecule has 2 rings (SSSR count). The molecule has 1 aromatic rings. The number of nitrogens with two attached hydrogens (primary N) is 1. The van der Waals surface area contributed by atoms with Crippen molar-refractivity contribution >= 4 is 15.8 Å². The zero-order valence-electron chi connectivity index (χ0n) is 12.7. The molecule has 2 atom stereocenters. The van der Waals surface area contributed by atoms with Crippen molar-refractivity contribution < 1.29 is 8.42 Å². The number of hydrogen-bond acceptors (Lipinski definition) is 5. The Morgan fingerprint density at radius 1 is 1.35 bits per heavy atom. The van der Waals surface area contributed by atoms with Crippen LogP contribution >= 0.6 is 0 Å². The van der Waals surface area contributed by atoms with Gasteiger partial charge in [-0.05, 0) is 26.9 Å². The van der Waals surface area contributed by atoms with Crippen LogP contribution in [-0.2, 0) is 17.1 Å². The van der Waals surface area contributed by atoms with Crippen LogP contribution in [0.1, 0.15) is 12.6 Å². The van der Waals surface area contributed by atoms with Crippen molar-refractivity contribution in [2.45, 2.75) is 24.8 Å². The molecule has 114 valence electrons. The molecule has 1 aromatic heterocycles. The van der Waals surface area contributed by atoms with Gasteiger partial charge in [0.15, 0.2) is 5.82 Å². The summed E-state index contributed by atoms with van der Waals surface area (Å²) in [7, 11) is 2.06. The van der Waals surface area contributed by atoms with Crippen molar-refractivity contribution in [3.63, 3.8) is 0 Å². The number of nitrogens with zero attached hydrogens (tertiary/aromatic N) is 4. The van der Waals surface area contributed by atoms with Crippen molar-refractivity contribution in [3.05, 3.63) is 5.69 Å². The summed E-state index contributed by atoms with van der Waals surface area (Å²) in [6.45, 7) is 4.79. The Morgan fingerprint density at radius 2 is 1.95 bits per heavy atom. The van der Waals surface area contributed by atoms with Gasteiger partial charge >= 0.3 is 0 Å². The maximum atomic E-state index is 12.8. The van der Waals surface area contributed by atoms with Gasteiger partial charge in [-0.15, -0.1) is 0 Å². The number of aryl methyl sites for hydroxylation is 1. The first-order valence-electron chi connectivity index (χ1n) is 6.62. The molecule has 0 bridgehead atoms. The van der Waals surface area contributed by atoms with E-state index < -0.39 is 10.0 Å². The molecule has 0 radical (unpaired) electrons. The molecule has 7 nitrogen and oxygen atoms in total. The number of aromatic nitrogens is 2. The molecule has 0 spiro atoms. The molecule has 1 saturated heterocycles. The lowest BCUT2D eigenvalue weighted by Crippen LogP contribution is -2.36. The van der Waals surface area contributed by atoms with Crippen LogP contribution in [0.15, 0.2) is 4.90 Å². The number of likely N-dealkylation sites (N-methyl/N-ethyl adjacent to an activating group) is 1. The standard InChI is InChI=1S/C12H23N5O2S/c1-8-6-17(7-10(8)15(3)4)20(18,19)11-9(2)16(5)14-12(11)13/h8,10H,6-7H2,1-5H3,(H2,13,14). The van der Waals surface area contributed by atoms with Gasteiger partial charge in [-0.3, -0.25) is 4.68 Å². The highest BCUT2D eigenvalue weighted by molar-refractivity contribution is 7.89. The Kier molecular flexibility index (Phi) is 3.83. The molecule has 1 fully saturated rings. The van der Waals surface area contributed by atoms with E-state index in [9.17, 15) is 8.42 Å². The highest BCUT2D eigenvalue weighted by Gasteiger charge is 2.40. The summed E-state index contributed by atoms with van der Waals surface area (Å²) in [5.74, 6) is 0.365. The predicted octanol–water partition coefficient (Wildman–Crippen LogP) is -0.119. The van der Waals surface area contributed by atoms with E-state index in [2.05, 4.69) is 16.9 Å². The van der Waals surface area contributed by atoms with Crippen LogP contribution in [0.2, 0.25) is 0 Å². The molecule has 1 aliphatic heterocycles. The van der Waals surface area contributed by atoms with Crippen molar-refractivity contribution in [3.8, 4) is 0 Å². The van der Waals surface area contributed by atoms with Gasteiger partial charge in [0.1, 0.15) is 4.90 Å². The van der Waals surface area contributed by atoms with Crippen LogP contribution in [0.3, 0.4) is 0 Å². The van der Waals surface area contributed by atoms with Gasteiger partial charge in [0.25, 0.3) is 0 Å². The maximum absolute atomic E-state index is 12.8. The lowest BCUT2D eigenvalue weighted by atomic mass is 10.1. The van der Waals surface area contributed by atoms with Gasteiger partial charge in [0, 0.05) is 26.2 Å². The minimum absolute atomic E-state index is 0.0750. The Hall–Kier alpha value is -1.12. The third-order valence-electron chi connectivity index (χ3n) is 4.10. The fourth-order valence-electron chi connectivity index (χ4n) is 2.84. The highest BCUT2D eigenvalue weighted by Crippen LogP contribution is 2.30. The Labute approximate surface area is 120 Å². The largest absolute Gasteiger partial charge is 0.381 e. The van der Waals surface area contributed by atoms with Crippen molar-refractivity contribution in [2.24, 2.45) is 13.0 Å². The van der Waals surface area contributed by atoms with Crippen LogP contribution in [0, 0.1) is 12.8 Å². The summed E-state index contributed by atoms with van der Waals surface area (Å²) in [5, 5.41) is 4.00. The Morgan fingerprint density at radius 3 is 2.35 bits per heavy atom. The molecule has 2 unspecified atom stereocenters. The van der Waals surface area contributed by atoms with Gasteiger partial charge in [-0.2, -0.15) is 9.40 Å². The maximum Gasteiger partial charge on any atom is 0.248 e. The van der Waals surface area contributed by atoms with E-state index >= 15 is 0 Å². The molecule has 2 heterocycles. The summed E-state index contributed by atoms with van der Waals surface area (Å²) in [6, 6.07) is 0.225. The predicted molar refractivity (Wildman–Crippen MR) is 77.8 cm³/mol. The minimum atomic E-state index is -3.58. The second kappa shape index (κ2) is 5.01. The summed E-state index contributed by atoms with van der Waals surface area (Å²) in [4.78, 5) is 2.21. The van der Waals surface area contributed by atoms with E-state index in [0.717, 1.165) is 0 Å². The number of rotatable bonds is 3. The molecule has 2 N–H and O–H groups in total. The monoisotopic (exact) mass is 301 g/mol. The van der Waals surface area contributed by atoms with Gasteiger partial charge in [0.2, 0.25) is 10.0 Å². The van der Waals surface area contributed by atoms with E-state index in [1.54, 1.807) is 14.0 Å². The average Bonchev–Trinajstić information content (AvgIpc) is 2.81.